The molecule has 0 aliphatic carbocycles. The number of hydrogen-bond acceptors (Lipinski definition) is 1. The molecule has 0 fully saturated rings. The Morgan fingerprint density at radius 3 is 2.26 bits per heavy atom. The monoisotopic (exact) mass is 333 g/mol. The highest BCUT2D eigenvalue weighted by atomic mass is 35.5. The Morgan fingerprint density at radius 2 is 1.58 bits per heavy atom. The molecule has 0 unspecified atom stereocenters. The molecule has 0 bridgehead atoms. The molecule has 100 valence electrons. The highest BCUT2D eigenvalue weighted by molar-refractivity contribution is 6.44. The number of anilines is 1. The van der Waals surface area contributed by atoms with E-state index >= 15 is 0 Å². The van der Waals surface area contributed by atoms with Crippen molar-refractivity contribution in [1.29, 1.82) is 0 Å². The van der Waals surface area contributed by atoms with Gasteiger partial charge in [-0.3, -0.25) is 0 Å². The standard InChI is InChI=1S/C14H11Cl4N/c1-8-2-5-13(12(17)6-8)19-7-9-10(15)3-4-11(16)14(9)18/h2-6,19H,7H2,1H3. The maximum absolute atomic E-state index is 6.15. The third kappa shape index (κ3) is 3.49. The zero-order chi connectivity index (χ0) is 14.0. The first-order valence-electron chi connectivity index (χ1n) is 5.61. The van der Waals surface area contributed by atoms with Gasteiger partial charge in [0.25, 0.3) is 0 Å². The minimum absolute atomic E-state index is 0.459. The fourth-order valence-electron chi connectivity index (χ4n) is 1.68. The second-order valence-corrected chi connectivity index (χ2v) is 5.76. The van der Waals surface area contributed by atoms with E-state index in [0.29, 0.717) is 26.6 Å². The van der Waals surface area contributed by atoms with Gasteiger partial charge in [-0.25, -0.2) is 0 Å². The lowest BCUT2D eigenvalue weighted by Crippen LogP contribution is -2.02. The van der Waals surface area contributed by atoms with E-state index in [1.807, 2.05) is 25.1 Å². The molecule has 0 aromatic heterocycles. The number of halogens is 4. The van der Waals surface area contributed by atoms with Crippen LogP contribution in [0.25, 0.3) is 0 Å². The van der Waals surface area contributed by atoms with Gasteiger partial charge in [-0.15, -0.1) is 0 Å². The predicted octanol–water partition coefficient (Wildman–Crippen LogP) is 6.22. The second kappa shape index (κ2) is 6.23. The van der Waals surface area contributed by atoms with Gasteiger partial charge in [-0.05, 0) is 36.8 Å². The minimum atomic E-state index is 0.459. The molecule has 19 heavy (non-hydrogen) atoms. The molecule has 1 nitrogen and oxygen atoms in total. The Hall–Kier alpha value is -0.600. The van der Waals surface area contributed by atoms with Gasteiger partial charge in [0, 0.05) is 17.1 Å². The molecular weight excluding hydrogens is 324 g/mol. The molecule has 0 saturated heterocycles. The lowest BCUT2D eigenvalue weighted by Gasteiger charge is -2.12. The van der Waals surface area contributed by atoms with E-state index in [9.17, 15) is 0 Å². The average Bonchev–Trinajstić information content (AvgIpc) is 2.36. The molecule has 0 heterocycles. The minimum Gasteiger partial charge on any atom is -0.380 e. The molecule has 0 saturated carbocycles. The van der Waals surface area contributed by atoms with Gasteiger partial charge in [0.05, 0.1) is 20.8 Å². The fraction of sp³-hybridized carbons (Fsp3) is 0.143. The van der Waals surface area contributed by atoms with Crippen molar-refractivity contribution in [2.24, 2.45) is 0 Å². The molecule has 5 heteroatoms. The van der Waals surface area contributed by atoms with Crippen LogP contribution in [0, 0.1) is 6.92 Å². The van der Waals surface area contributed by atoms with Crippen molar-refractivity contribution in [3.63, 3.8) is 0 Å². The van der Waals surface area contributed by atoms with Gasteiger partial charge in [-0.2, -0.15) is 0 Å². The molecule has 2 aromatic carbocycles. The molecule has 2 rings (SSSR count). The molecule has 2 aromatic rings. The number of benzene rings is 2. The molecule has 0 radical (unpaired) electrons. The number of aryl methyl sites for hydroxylation is 1. The predicted molar refractivity (Wildman–Crippen MR) is 85.0 cm³/mol. The Kier molecular flexibility index (Phi) is 4.86. The van der Waals surface area contributed by atoms with Crippen LogP contribution in [0.1, 0.15) is 11.1 Å². The van der Waals surface area contributed by atoms with Crippen LogP contribution in [0.2, 0.25) is 20.1 Å². The summed E-state index contributed by atoms with van der Waals surface area (Å²) in [6.45, 7) is 2.45. The largest absolute Gasteiger partial charge is 0.380 e. The lowest BCUT2D eigenvalue weighted by molar-refractivity contribution is 1.15. The Labute approximate surface area is 132 Å². The summed E-state index contributed by atoms with van der Waals surface area (Å²) in [4.78, 5) is 0. The first-order valence-corrected chi connectivity index (χ1v) is 7.12. The highest BCUT2D eigenvalue weighted by Gasteiger charge is 2.10. The molecule has 0 amide bonds. The van der Waals surface area contributed by atoms with Gasteiger partial charge in [0.1, 0.15) is 0 Å². The quantitative estimate of drug-likeness (QED) is 0.657. The van der Waals surface area contributed by atoms with Gasteiger partial charge in [0.2, 0.25) is 0 Å². The van der Waals surface area contributed by atoms with Crippen molar-refractivity contribution in [2.75, 3.05) is 5.32 Å². The Bertz CT molecular complexity index is 611. The van der Waals surface area contributed by atoms with Crippen LogP contribution in [0.5, 0.6) is 0 Å². The summed E-state index contributed by atoms with van der Waals surface area (Å²) in [6, 6.07) is 9.20. The van der Waals surface area contributed by atoms with Crippen LogP contribution in [0.4, 0.5) is 5.69 Å². The Morgan fingerprint density at radius 1 is 0.895 bits per heavy atom. The summed E-state index contributed by atoms with van der Waals surface area (Å²) < 4.78 is 0. The molecule has 0 aliphatic rings. The van der Waals surface area contributed by atoms with Crippen molar-refractivity contribution < 1.29 is 0 Å². The van der Waals surface area contributed by atoms with Crippen molar-refractivity contribution >= 4 is 52.1 Å². The van der Waals surface area contributed by atoms with E-state index in [1.54, 1.807) is 12.1 Å². The zero-order valence-corrected chi connectivity index (χ0v) is 13.1. The second-order valence-electron chi connectivity index (χ2n) is 4.16. The molecular formula is C14H11Cl4N. The van der Waals surface area contributed by atoms with Crippen molar-refractivity contribution in [1.82, 2.24) is 0 Å². The number of hydrogen-bond donors (Lipinski definition) is 1. The summed E-state index contributed by atoms with van der Waals surface area (Å²) in [6.07, 6.45) is 0. The van der Waals surface area contributed by atoms with Crippen LogP contribution in [0.3, 0.4) is 0 Å². The topological polar surface area (TPSA) is 12.0 Å². The van der Waals surface area contributed by atoms with Gasteiger partial charge < -0.3 is 5.32 Å². The summed E-state index contributed by atoms with van der Waals surface area (Å²) in [7, 11) is 0. The van der Waals surface area contributed by atoms with E-state index in [1.165, 1.54) is 0 Å². The third-order valence-electron chi connectivity index (χ3n) is 2.72. The maximum Gasteiger partial charge on any atom is 0.0657 e. The summed E-state index contributed by atoms with van der Waals surface area (Å²) in [5.74, 6) is 0. The van der Waals surface area contributed by atoms with E-state index < -0.39 is 0 Å². The average molecular weight is 335 g/mol. The van der Waals surface area contributed by atoms with Crippen LogP contribution in [-0.2, 0) is 6.54 Å². The van der Waals surface area contributed by atoms with E-state index in [2.05, 4.69) is 5.32 Å². The van der Waals surface area contributed by atoms with E-state index in [-0.39, 0.29) is 0 Å². The van der Waals surface area contributed by atoms with Crippen LogP contribution < -0.4 is 5.32 Å². The zero-order valence-electron chi connectivity index (χ0n) is 10.1. The highest BCUT2D eigenvalue weighted by Crippen LogP contribution is 2.32. The summed E-state index contributed by atoms with van der Waals surface area (Å²) in [5.41, 5.74) is 2.70. The molecule has 0 spiro atoms. The lowest BCUT2D eigenvalue weighted by atomic mass is 10.2. The van der Waals surface area contributed by atoms with Crippen molar-refractivity contribution in [3.8, 4) is 0 Å². The molecule has 1 N–H and O–H groups in total. The van der Waals surface area contributed by atoms with Crippen molar-refractivity contribution in [3.05, 3.63) is 61.5 Å². The third-order valence-corrected chi connectivity index (χ3v) is 4.23. The first-order chi connectivity index (χ1) is 8.99. The summed E-state index contributed by atoms with van der Waals surface area (Å²) >= 11 is 24.4. The van der Waals surface area contributed by atoms with Gasteiger partial charge in [0.15, 0.2) is 0 Å². The van der Waals surface area contributed by atoms with Crippen LogP contribution in [0.15, 0.2) is 30.3 Å². The van der Waals surface area contributed by atoms with Crippen molar-refractivity contribution in [2.45, 2.75) is 13.5 Å². The van der Waals surface area contributed by atoms with E-state index in [0.717, 1.165) is 16.8 Å². The van der Waals surface area contributed by atoms with E-state index in [4.69, 9.17) is 46.4 Å². The van der Waals surface area contributed by atoms with Gasteiger partial charge >= 0.3 is 0 Å². The summed E-state index contributed by atoms with van der Waals surface area (Å²) in [5, 5.41) is 5.39. The van der Waals surface area contributed by atoms with Crippen LogP contribution >= 0.6 is 46.4 Å². The number of nitrogens with one attached hydrogen (secondary N) is 1. The SMILES string of the molecule is Cc1ccc(NCc2c(Cl)ccc(Cl)c2Cl)c(Cl)c1. The molecule has 0 atom stereocenters. The fourth-order valence-corrected chi connectivity index (χ4v) is 2.66. The smallest absolute Gasteiger partial charge is 0.0657 e. The van der Waals surface area contributed by atoms with Gasteiger partial charge in [-0.1, -0.05) is 52.5 Å². The maximum atomic E-state index is 6.15. The Balaban J connectivity index is 2.21. The van der Waals surface area contributed by atoms with Crippen LogP contribution in [-0.4, -0.2) is 0 Å². The molecule has 0 aliphatic heterocycles. The number of rotatable bonds is 3. The normalized spacial score (nSPS) is 10.6. The first kappa shape index (κ1) is 14.8.